The molecule has 0 saturated carbocycles. The van der Waals surface area contributed by atoms with Crippen LogP contribution >= 0.6 is 11.8 Å². The van der Waals surface area contributed by atoms with Crippen molar-refractivity contribution in [1.29, 1.82) is 5.26 Å². The standard InChI is InChI=1S/C14H8F4N2S/c1-21-11-4-2-3-10(7(11)6-19)20-14-12(17)8(15)5-9(16)13(14)18/h2-5,20H,1H3. The van der Waals surface area contributed by atoms with Crippen molar-refractivity contribution in [1.82, 2.24) is 0 Å². The second kappa shape index (κ2) is 6.06. The Bertz CT molecular complexity index is 714. The first kappa shape index (κ1) is 15.2. The maximum Gasteiger partial charge on any atom is 0.185 e. The number of hydrogen-bond donors (Lipinski definition) is 1. The van der Waals surface area contributed by atoms with Crippen molar-refractivity contribution >= 4 is 23.1 Å². The van der Waals surface area contributed by atoms with Crippen molar-refractivity contribution in [2.24, 2.45) is 0 Å². The van der Waals surface area contributed by atoms with E-state index in [-0.39, 0.29) is 17.3 Å². The molecule has 0 aliphatic carbocycles. The number of halogens is 4. The van der Waals surface area contributed by atoms with Gasteiger partial charge in [-0.2, -0.15) is 5.26 Å². The fourth-order valence-corrected chi connectivity index (χ4v) is 2.31. The van der Waals surface area contributed by atoms with Crippen molar-refractivity contribution in [3.05, 3.63) is 53.1 Å². The highest BCUT2D eigenvalue weighted by Crippen LogP contribution is 2.32. The van der Waals surface area contributed by atoms with Crippen molar-refractivity contribution in [2.75, 3.05) is 11.6 Å². The third-order valence-corrected chi connectivity index (χ3v) is 3.51. The average Bonchev–Trinajstić information content (AvgIpc) is 2.49. The summed E-state index contributed by atoms with van der Waals surface area (Å²) in [6.07, 6.45) is 1.73. The number of nitrogens with zero attached hydrogens (tertiary/aromatic N) is 1. The molecule has 0 spiro atoms. The second-order valence-electron chi connectivity index (χ2n) is 3.96. The zero-order valence-electron chi connectivity index (χ0n) is 10.7. The van der Waals surface area contributed by atoms with E-state index < -0.39 is 29.0 Å². The van der Waals surface area contributed by atoms with Crippen LogP contribution in [0, 0.1) is 34.6 Å². The van der Waals surface area contributed by atoms with Gasteiger partial charge in [0.2, 0.25) is 0 Å². The summed E-state index contributed by atoms with van der Waals surface area (Å²) in [5.74, 6) is -6.13. The quantitative estimate of drug-likeness (QED) is 0.512. The summed E-state index contributed by atoms with van der Waals surface area (Å²) in [5, 5.41) is 11.4. The minimum Gasteiger partial charge on any atom is -0.349 e. The van der Waals surface area contributed by atoms with E-state index in [2.05, 4.69) is 5.32 Å². The first-order chi connectivity index (χ1) is 9.99. The summed E-state index contributed by atoms with van der Waals surface area (Å²) in [6, 6.07) is 6.60. The van der Waals surface area contributed by atoms with Crippen LogP contribution in [0.3, 0.4) is 0 Å². The molecule has 0 aliphatic heterocycles. The monoisotopic (exact) mass is 312 g/mol. The Morgan fingerprint density at radius 2 is 1.71 bits per heavy atom. The number of hydrogen-bond acceptors (Lipinski definition) is 3. The van der Waals surface area contributed by atoms with E-state index in [9.17, 15) is 17.6 Å². The van der Waals surface area contributed by atoms with E-state index in [1.807, 2.05) is 6.07 Å². The molecular formula is C14H8F4N2S. The highest BCUT2D eigenvalue weighted by molar-refractivity contribution is 7.98. The van der Waals surface area contributed by atoms with Gasteiger partial charge in [0.15, 0.2) is 23.3 Å². The van der Waals surface area contributed by atoms with Crippen molar-refractivity contribution in [2.45, 2.75) is 4.90 Å². The molecule has 0 amide bonds. The van der Waals surface area contributed by atoms with Gasteiger partial charge in [-0.05, 0) is 18.4 Å². The molecule has 2 rings (SSSR count). The van der Waals surface area contributed by atoms with E-state index >= 15 is 0 Å². The SMILES string of the molecule is CSc1cccc(Nc2c(F)c(F)cc(F)c2F)c1C#N. The van der Waals surface area contributed by atoms with E-state index in [0.29, 0.717) is 4.90 Å². The number of rotatable bonds is 3. The molecule has 0 bridgehead atoms. The van der Waals surface area contributed by atoms with Crippen LogP contribution in [0.2, 0.25) is 0 Å². The number of nitriles is 1. The summed E-state index contributed by atoms with van der Waals surface area (Å²) in [4.78, 5) is 0.570. The lowest BCUT2D eigenvalue weighted by atomic mass is 10.1. The predicted octanol–water partition coefficient (Wildman–Crippen LogP) is 4.58. The Kier molecular flexibility index (Phi) is 4.38. The van der Waals surface area contributed by atoms with Crippen molar-refractivity contribution in [3.8, 4) is 6.07 Å². The first-order valence-electron chi connectivity index (χ1n) is 5.66. The molecule has 0 atom stereocenters. The molecule has 21 heavy (non-hydrogen) atoms. The Morgan fingerprint density at radius 1 is 1.10 bits per heavy atom. The summed E-state index contributed by atoms with van der Waals surface area (Å²) < 4.78 is 53.5. The third kappa shape index (κ3) is 2.81. The van der Waals surface area contributed by atoms with Crippen LogP contribution in [-0.2, 0) is 0 Å². The van der Waals surface area contributed by atoms with Gasteiger partial charge in [0.25, 0.3) is 0 Å². The van der Waals surface area contributed by atoms with E-state index in [4.69, 9.17) is 5.26 Å². The summed E-state index contributed by atoms with van der Waals surface area (Å²) in [7, 11) is 0. The zero-order valence-corrected chi connectivity index (χ0v) is 11.5. The highest BCUT2D eigenvalue weighted by atomic mass is 32.2. The molecular weight excluding hydrogens is 304 g/mol. The van der Waals surface area contributed by atoms with Crippen LogP contribution in [0.5, 0.6) is 0 Å². The van der Waals surface area contributed by atoms with Gasteiger partial charge in [-0.1, -0.05) is 6.07 Å². The molecule has 108 valence electrons. The van der Waals surface area contributed by atoms with E-state index in [0.717, 1.165) is 0 Å². The first-order valence-corrected chi connectivity index (χ1v) is 6.89. The molecule has 2 aromatic rings. The number of anilines is 2. The van der Waals surface area contributed by atoms with Crippen LogP contribution in [0.4, 0.5) is 28.9 Å². The highest BCUT2D eigenvalue weighted by Gasteiger charge is 2.20. The van der Waals surface area contributed by atoms with Crippen molar-refractivity contribution < 1.29 is 17.6 Å². The molecule has 0 heterocycles. The zero-order chi connectivity index (χ0) is 15.6. The van der Waals surface area contributed by atoms with Crippen LogP contribution in [0.1, 0.15) is 5.56 Å². The molecule has 0 saturated heterocycles. The van der Waals surface area contributed by atoms with E-state index in [1.54, 1.807) is 18.4 Å². The van der Waals surface area contributed by atoms with Crippen LogP contribution in [0.15, 0.2) is 29.2 Å². The molecule has 0 radical (unpaired) electrons. The van der Waals surface area contributed by atoms with E-state index in [1.165, 1.54) is 17.8 Å². The maximum absolute atomic E-state index is 13.6. The lowest BCUT2D eigenvalue weighted by Gasteiger charge is -2.12. The van der Waals surface area contributed by atoms with Crippen LogP contribution < -0.4 is 5.32 Å². The Labute approximate surface area is 122 Å². The predicted molar refractivity (Wildman–Crippen MR) is 72.5 cm³/mol. The van der Waals surface area contributed by atoms with Crippen LogP contribution in [0.25, 0.3) is 0 Å². The lowest BCUT2D eigenvalue weighted by Crippen LogP contribution is -2.04. The Balaban J connectivity index is 2.57. The van der Waals surface area contributed by atoms with Gasteiger partial charge in [-0.15, -0.1) is 11.8 Å². The fourth-order valence-electron chi connectivity index (χ4n) is 1.74. The van der Waals surface area contributed by atoms with Gasteiger partial charge in [0.1, 0.15) is 11.8 Å². The summed E-state index contributed by atoms with van der Waals surface area (Å²) >= 11 is 1.26. The molecule has 0 fully saturated rings. The van der Waals surface area contributed by atoms with Gasteiger partial charge in [0, 0.05) is 11.0 Å². The minimum atomic E-state index is -1.55. The number of benzene rings is 2. The maximum atomic E-state index is 13.6. The number of thioether (sulfide) groups is 1. The van der Waals surface area contributed by atoms with Gasteiger partial charge < -0.3 is 5.32 Å². The van der Waals surface area contributed by atoms with Gasteiger partial charge in [-0.25, -0.2) is 17.6 Å². The minimum absolute atomic E-state index is 0.0622. The van der Waals surface area contributed by atoms with Gasteiger partial charge in [-0.3, -0.25) is 0 Å². The third-order valence-electron chi connectivity index (χ3n) is 2.73. The summed E-state index contributed by atoms with van der Waals surface area (Å²) in [6.45, 7) is 0. The smallest absolute Gasteiger partial charge is 0.185 e. The molecule has 0 aromatic heterocycles. The Morgan fingerprint density at radius 3 is 2.24 bits per heavy atom. The largest absolute Gasteiger partial charge is 0.349 e. The summed E-state index contributed by atoms with van der Waals surface area (Å²) in [5.41, 5.74) is -0.775. The Hall–Kier alpha value is -2.20. The lowest BCUT2D eigenvalue weighted by molar-refractivity contribution is 0.459. The van der Waals surface area contributed by atoms with Crippen molar-refractivity contribution in [3.63, 3.8) is 0 Å². The van der Waals surface area contributed by atoms with Crippen LogP contribution in [-0.4, -0.2) is 6.26 Å². The molecule has 0 unspecified atom stereocenters. The molecule has 2 nitrogen and oxygen atoms in total. The molecule has 1 N–H and O–H groups in total. The molecule has 0 aliphatic rings. The topological polar surface area (TPSA) is 35.8 Å². The molecule has 2 aromatic carbocycles. The van der Waals surface area contributed by atoms with Gasteiger partial charge >= 0.3 is 0 Å². The normalized spacial score (nSPS) is 10.3. The molecule has 7 heteroatoms. The second-order valence-corrected chi connectivity index (χ2v) is 4.81. The number of nitrogens with one attached hydrogen (secondary N) is 1. The fraction of sp³-hybridized carbons (Fsp3) is 0.0714. The van der Waals surface area contributed by atoms with Gasteiger partial charge in [0.05, 0.1) is 11.3 Å². The average molecular weight is 312 g/mol.